The van der Waals surface area contributed by atoms with Crippen LogP contribution >= 0.6 is 0 Å². The fraction of sp³-hybridized carbons (Fsp3) is 0.214. The molecular formula is C14H13ClO5. The average Bonchev–Trinajstić information content (AvgIpc) is 2.34. The fourth-order valence-corrected chi connectivity index (χ4v) is 2.19. The predicted molar refractivity (Wildman–Crippen MR) is 59.9 cm³/mol. The summed E-state index contributed by atoms with van der Waals surface area (Å²) in [7, 11) is -4.94. The lowest BCUT2D eigenvalue weighted by Gasteiger charge is -2.17. The Morgan fingerprint density at radius 1 is 0.850 bits per heavy atom. The maximum atomic E-state index is 8.49. The molecule has 1 aromatic heterocycles. The van der Waals surface area contributed by atoms with E-state index in [1.165, 1.54) is 16.7 Å². The van der Waals surface area contributed by atoms with Gasteiger partial charge in [0.05, 0.1) is 18.9 Å². The molecule has 1 aliphatic rings. The number of rotatable bonds is 0. The topological polar surface area (TPSA) is 104 Å². The standard InChI is InChI=1S/C14H13O.ClHO4/c1-10-6-7-13-8-11-4-2-3-5-12(11)9-14(13)15-10;2-1(3,4)5/h2-7H,8-9H2,1H3;(H,2,3,4,5)/q+1;/p-1. The van der Waals surface area contributed by atoms with Crippen molar-refractivity contribution >= 4 is 0 Å². The van der Waals surface area contributed by atoms with E-state index in [0.717, 1.165) is 24.4 Å². The molecule has 0 N–H and O–H groups in total. The van der Waals surface area contributed by atoms with E-state index < -0.39 is 10.2 Å². The van der Waals surface area contributed by atoms with Crippen molar-refractivity contribution in [2.75, 3.05) is 0 Å². The Labute approximate surface area is 118 Å². The van der Waals surface area contributed by atoms with Crippen LogP contribution in [-0.4, -0.2) is 0 Å². The quantitative estimate of drug-likeness (QED) is 0.475. The van der Waals surface area contributed by atoms with Crippen molar-refractivity contribution in [3.05, 3.63) is 64.6 Å². The third-order valence-electron chi connectivity index (χ3n) is 3.01. The molecule has 0 saturated heterocycles. The molecule has 0 spiro atoms. The lowest BCUT2D eigenvalue weighted by atomic mass is 9.90. The minimum atomic E-state index is -4.94. The van der Waals surface area contributed by atoms with Crippen molar-refractivity contribution in [1.29, 1.82) is 0 Å². The zero-order valence-electron chi connectivity index (χ0n) is 10.8. The minimum Gasteiger partial charge on any atom is -0.222 e. The molecule has 0 fully saturated rings. The number of fused-ring (bicyclic) bond motifs is 2. The Bertz CT molecular complexity index is 601. The van der Waals surface area contributed by atoms with Gasteiger partial charge in [-0.15, -0.1) is 10.2 Å². The first kappa shape index (κ1) is 14.9. The molecule has 0 atom stereocenters. The Morgan fingerprint density at radius 3 is 2.00 bits per heavy atom. The first-order valence-corrected chi connectivity index (χ1v) is 7.16. The van der Waals surface area contributed by atoms with Crippen molar-refractivity contribution < 1.29 is 33.3 Å². The first-order valence-electron chi connectivity index (χ1n) is 5.93. The highest BCUT2D eigenvalue weighted by Crippen LogP contribution is 2.27. The first-order chi connectivity index (χ1) is 9.33. The maximum Gasteiger partial charge on any atom is 0.337 e. The van der Waals surface area contributed by atoms with Gasteiger partial charge in [0.2, 0.25) is 0 Å². The third-order valence-corrected chi connectivity index (χ3v) is 3.01. The van der Waals surface area contributed by atoms with Gasteiger partial charge in [0.1, 0.15) is 0 Å². The van der Waals surface area contributed by atoms with E-state index in [1.807, 2.05) is 13.0 Å². The Morgan fingerprint density at radius 2 is 1.40 bits per heavy atom. The van der Waals surface area contributed by atoms with Crippen molar-refractivity contribution in [3.8, 4) is 0 Å². The Kier molecular flexibility index (Phi) is 4.37. The van der Waals surface area contributed by atoms with Crippen molar-refractivity contribution in [2.45, 2.75) is 19.8 Å². The van der Waals surface area contributed by atoms with E-state index in [4.69, 9.17) is 23.1 Å². The maximum absolute atomic E-state index is 8.49. The average molecular weight is 297 g/mol. The summed E-state index contributed by atoms with van der Waals surface area (Å²) < 4.78 is 39.7. The second-order valence-electron chi connectivity index (χ2n) is 4.49. The SMILES string of the molecule is Cc1ccc2c([o+]1)Cc1ccccc1C2.[O-][Cl+3]([O-])([O-])[O-]. The van der Waals surface area contributed by atoms with Gasteiger partial charge in [-0.3, -0.25) is 0 Å². The summed E-state index contributed by atoms with van der Waals surface area (Å²) in [5.74, 6) is 2.13. The summed E-state index contributed by atoms with van der Waals surface area (Å²) in [5.41, 5.74) is 4.17. The molecule has 1 aliphatic carbocycles. The van der Waals surface area contributed by atoms with Gasteiger partial charge in [0.15, 0.2) is 0 Å². The van der Waals surface area contributed by atoms with Crippen LogP contribution in [0.3, 0.4) is 0 Å². The van der Waals surface area contributed by atoms with Crippen LogP contribution in [0.4, 0.5) is 0 Å². The molecule has 0 amide bonds. The molecule has 0 bridgehead atoms. The van der Waals surface area contributed by atoms with Gasteiger partial charge in [-0.1, -0.05) is 24.3 Å². The second-order valence-corrected chi connectivity index (χ2v) is 5.25. The van der Waals surface area contributed by atoms with Crippen LogP contribution in [0.5, 0.6) is 0 Å². The highest BCUT2D eigenvalue weighted by molar-refractivity contribution is 5.41. The smallest absolute Gasteiger partial charge is 0.222 e. The monoisotopic (exact) mass is 296 g/mol. The Balaban J connectivity index is 0.000000257. The van der Waals surface area contributed by atoms with Gasteiger partial charge in [-0.05, 0) is 17.2 Å². The summed E-state index contributed by atoms with van der Waals surface area (Å²) in [6.07, 6.45) is 1.95. The zero-order valence-corrected chi connectivity index (χ0v) is 11.6. The highest BCUT2D eigenvalue weighted by atomic mass is 35.7. The summed E-state index contributed by atoms with van der Waals surface area (Å²) in [5, 5.41) is 0. The summed E-state index contributed by atoms with van der Waals surface area (Å²) in [6.45, 7) is 2.00. The van der Waals surface area contributed by atoms with Crippen LogP contribution in [-0.2, 0) is 12.8 Å². The normalized spacial score (nSPS) is 12.8. The fourth-order valence-electron chi connectivity index (χ4n) is 2.19. The van der Waals surface area contributed by atoms with Crippen LogP contribution in [0.15, 0.2) is 40.8 Å². The Hall–Kier alpha value is -1.50. The summed E-state index contributed by atoms with van der Waals surface area (Å²) in [6, 6.07) is 12.8. The van der Waals surface area contributed by atoms with Gasteiger partial charge in [0, 0.05) is 12.5 Å². The van der Waals surface area contributed by atoms with Crippen LogP contribution < -0.4 is 18.6 Å². The van der Waals surface area contributed by atoms with E-state index in [-0.39, 0.29) is 0 Å². The number of aryl methyl sites for hydroxylation is 1. The molecule has 20 heavy (non-hydrogen) atoms. The number of hydrogen-bond donors (Lipinski definition) is 0. The lowest BCUT2D eigenvalue weighted by Crippen LogP contribution is -2.68. The van der Waals surface area contributed by atoms with Gasteiger partial charge < -0.3 is 0 Å². The number of hydrogen-bond acceptors (Lipinski definition) is 4. The van der Waals surface area contributed by atoms with E-state index in [0.29, 0.717) is 0 Å². The molecule has 6 heteroatoms. The van der Waals surface area contributed by atoms with Crippen LogP contribution in [0.25, 0.3) is 0 Å². The van der Waals surface area contributed by atoms with Gasteiger partial charge in [-0.25, -0.2) is 23.1 Å². The molecule has 1 aromatic carbocycles. The van der Waals surface area contributed by atoms with Gasteiger partial charge >= 0.3 is 11.5 Å². The summed E-state index contributed by atoms with van der Waals surface area (Å²) in [4.78, 5) is 0. The second kappa shape index (κ2) is 5.87. The van der Waals surface area contributed by atoms with E-state index in [1.54, 1.807) is 0 Å². The number of benzene rings is 1. The third kappa shape index (κ3) is 4.26. The van der Waals surface area contributed by atoms with Crippen LogP contribution in [0.2, 0.25) is 0 Å². The molecule has 0 saturated carbocycles. The summed E-state index contributed by atoms with van der Waals surface area (Å²) >= 11 is 0. The molecule has 0 radical (unpaired) electrons. The van der Waals surface area contributed by atoms with E-state index in [2.05, 4.69) is 30.3 Å². The largest absolute Gasteiger partial charge is 0.337 e. The molecule has 3 rings (SSSR count). The van der Waals surface area contributed by atoms with Crippen LogP contribution in [0.1, 0.15) is 28.2 Å². The number of halogens is 1. The molecule has 106 valence electrons. The minimum absolute atomic E-state index is 0.938. The van der Waals surface area contributed by atoms with Crippen molar-refractivity contribution in [2.24, 2.45) is 0 Å². The van der Waals surface area contributed by atoms with E-state index in [9.17, 15) is 0 Å². The molecule has 2 aromatic rings. The zero-order chi connectivity index (χ0) is 14.8. The molecular weight excluding hydrogens is 284 g/mol. The molecule has 0 unspecified atom stereocenters. The van der Waals surface area contributed by atoms with Gasteiger partial charge in [0.25, 0.3) is 0 Å². The van der Waals surface area contributed by atoms with Crippen molar-refractivity contribution in [1.82, 2.24) is 0 Å². The predicted octanol–water partition coefficient (Wildman–Crippen LogP) is -1.39. The lowest BCUT2D eigenvalue weighted by molar-refractivity contribution is -2.00. The molecule has 5 nitrogen and oxygen atoms in total. The highest BCUT2D eigenvalue weighted by Gasteiger charge is 2.24. The van der Waals surface area contributed by atoms with Crippen LogP contribution in [0, 0.1) is 17.2 Å². The molecule has 0 aliphatic heterocycles. The van der Waals surface area contributed by atoms with Gasteiger partial charge in [-0.2, -0.15) is 0 Å². The van der Waals surface area contributed by atoms with Crippen molar-refractivity contribution in [3.63, 3.8) is 0 Å². The molecule has 1 heterocycles. The van der Waals surface area contributed by atoms with E-state index >= 15 is 0 Å².